The van der Waals surface area contributed by atoms with Crippen LogP contribution in [0.3, 0.4) is 0 Å². The number of guanidine groups is 1. The topological polar surface area (TPSA) is 70.3 Å². The molecule has 0 unspecified atom stereocenters. The van der Waals surface area contributed by atoms with E-state index in [1.165, 1.54) is 11.1 Å². The van der Waals surface area contributed by atoms with Crippen LogP contribution < -0.4 is 5.73 Å². The van der Waals surface area contributed by atoms with Gasteiger partial charge in [-0.1, -0.05) is 24.3 Å². The maximum absolute atomic E-state index is 6.06. The summed E-state index contributed by atoms with van der Waals surface area (Å²) in [5, 5.41) is 0. The Morgan fingerprint density at radius 3 is 2.89 bits per heavy atom. The molecule has 1 aliphatic heterocycles. The van der Waals surface area contributed by atoms with Crippen LogP contribution in [-0.4, -0.2) is 27.4 Å². The summed E-state index contributed by atoms with van der Waals surface area (Å²) in [7, 11) is 0. The molecule has 1 aliphatic rings. The predicted molar refractivity (Wildman–Crippen MR) is 75.2 cm³/mol. The van der Waals surface area contributed by atoms with Crippen molar-refractivity contribution in [2.75, 3.05) is 6.54 Å². The first-order valence-corrected chi connectivity index (χ1v) is 6.40. The lowest BCUT2D eigenvalue weighted by Crippen LogP contribution is -2.40. The van der Waals surface area contributed by atoms with Gasteiger partial charge >= 0.3 is 0 Å². The summed E-state index contributed by atoms with van der Waals surface area (Å²) in [6.45, 7) is 3.65. The molecule has 98 valence electrons. The molecule has 3 rings (SSSR count). The Morgan fingerprint density at radius 2 is 2.16 bits per heavy atom. The van der Waals surface area contributed by atoms with Crippen molar-refractivity contribution in [1.82, 2.24) is 14.9 Å². The van der Waals surface area contributed by atoms with E-state index in [1.54, 1.807) is 6.20 Å². The Balaban J connectivity index is 1.79. The fourth-order valence-electron chi connectivity index (χ4n) is 2.33. The number of nitrogens with one attached hydrogen (secondary N) is 1. The second-order valence-electron chi connectivity index (χ2n) is 4.80. The number of aromatic nitrogens is 2. The van der Waals surface area contributed by atoms with E-state index >= 15 is 0 Å². The molecular formula is C14H17N5. The van der Waals surface area contributed by atoms with E-state index in [9.17, 15) is 0 Å². The largest absolute Gasteiger partial charge is 0.369 e. The maximum Gasteiger partial charge on any atom is 0.230 e. The first kappa shape index (κ1) is 11.8. The summed E-state index contributed by atoms with van der Waals surface area (Å²) >= 11 is 0. The van der Waals surface area contributed by atoms with Crippen molar-refractivity contribution in [3.05, 3.63) is 47.3 Å². The number of benzene rings is 1. The minimum Gasteiger partial charge on any atom is -0.369 e. The number of aliphatic imine (C=N–C) groups is 1. The minimum absolute atomic E-state index is 0.517. The van der Waals surface area contributed by atoms with E-state index < -0.39 is 0 Å². The summed E-state index contributed by atoms with van der Waals surface area (Å²) in [6.07, 6.45) is 2.75. The Morgan fingerprint density at radius 1 is 1.37 bits per heavy atom. The number of H-pyrrole nitrogens is 1. The number of aryl methyl sites for hydroxylation is 1. The molecule has 3 N–H and O–H groups in total. The lowest BCUT2D eigenvalue weighted by molar-refractivity contribution is 0.389. The zero-order valence-electron chi connectivity index (χ0n) is 10.9. The molecule has 0 radical (unpaired) electrons. The van der Waals surface area contributed by atoms with Gasteiger partial charge in [0, 0.05) is 25.0 Å². The Bertz CT molecular complexity index is 614. The van der Waals surface area contributed by atoms with Gasteiger partial charge in [-0.3, -0.25) is 0 Å². The lowest BCUT2D eigenvalue weighted by Gasteiger charge is -2.29. The molecule has 2 heterocycles. The van der Waals surface area contributed by atoms with E-state index in [0.717, 1.165) is 25.2 Å². The highest BCUT2D eigenvalue weighted by atomic mass is 15.3. The third-order valence-electron chi connectivity index (χ3n) is 3.36. The standard InChI is InChI=1S/C14H17N5/c1-10-8-16-14(17-10)18-13(15)19-7-6-11-4-2-3-5-12(11)9-19/h2-5,8H,6-7,9H2,1H3,(H3,15,16,17,18). The summed E-state index contributed by atoms with van der Waals surface area (Å²) < 4.78 is 0. The van der Waals surface area contributed by atoms with Crippen molar-refractivity contribution in [1.29, 1.82) is 0 Å². The van der Waals surface area contributed by atoms with Gasteiger partial charge in [-0.15, -0.1) is 0 Å². The van der Waals surface area contributed by atoms with Gasteiger partial charge in [0.15, 0.2) is 5.96 Å². The van der Waals surface area contributed by atoms with Gasteiger partial charge in [-0.2, -0.15) is 4.99 Å². The normalized spacial score (nSPS) is 15.4. The molecule has 5 heteroatoms. The average molecular weight is 255 g/mol. The van der Waals surface area contributed by atoms with Gasteiger partial charge in [0.05, 0.1) is 0 Å². The zero-order valence-corrected chi connectivity index (χ0v) is 10.9. The third kappa shape index (κ3) is 2.45. The number of rotatable bonds is 1. The molecule has 5 nitrogen and oxygen atoms in total. The molecular weight excluding hydrogens is 238 g/mol. The highest BCUT2D eigenvalue weighted by Crippen LogP contribution is 2.18. The van der Waals surface area contributed by atoms with E-state index in [4.69, 9.17) is 5.73 Å². The van der Waals surface area contributed by atoms with Crippen molar-refractivity contribution in [2.45, 2.75) is 19.9 Å². The second-order valence-corrected chi connectivity index (χ2v) is 4.80. The van der Waals surface area contributed by atoms with Crippen molar-refractivity contribution >= 4 is 11.9 Å². The van der Waals surface area contributed by atoms with Crippen LogP contribution >= 0.6 is 0 Å². The van der Waals surface area contributed by atoms with Gasteiger partial charge in [0.2, 0.25) is 5.95 Å². The number of nitrogens with zero attached hydrogens (tertiary/aromatic N) is 3. The van der Waals surface area contributed by atoms with Crippen LogP contribution in [0, 0.1) is 6.92 Å². The number of hydrogen-bond acceptors (Lipinski definition) is 2. The summed E-state index contributed by atoms with van der Waals surface area (Å²) in [4.78, 5) is 13.6. The van der Waals surface area contributed by atoms with Crippen LogP contribution in [0.25, 0.3) is 0 Å². The molecule has 0 aliphatic carbocycles. The number of hydrogen-bond donors (Lipinski definition) is 2. The Hall–Kier alpha value is -2.30. The molecule has 2 aromatic rings. The SMILES string of the molecule is Cc1cnc(N=C(N)N2CCc3ccccc3C2)[nH]1. The molecule has 0 bridgehead atoms. The minimum atomic E-state index is 0.517. The molecule has 1 aromatic carbocycles. The molecule has 0 saturated carbocycles. The van der Waals surface area contributed by atoms with Gasteiger partial charge in [0.1, 0.15) is 0 Å². The highest BCUT2D eigenvalue weighted by molar-refractivity contribution is 5.80. The van der Waals surface area contributed by atoms with Crippen LogP contribution in [0.1, 0.15) is 16.8 Å². The van der Waals surface area contributed by atoms with Gasteiger partial charge in [-0.25, -0.2) is 4.98 Å². The molecule has 1 aromatic heterocycles. The van der Waals surface area contributed by atoms with Crippen molar-refractivity contribution < 1.29 is 0 Å². The number of fused-ring (bicyclic) bond motifs is 1. The fourth-order valence-corrected chi connectivity index (χ4v) is 2.33. The highest BCUT2D eigenvalue weighted by Gasteiger charge is 2.17. The monoisotopic (exact) mass is 255 g/mol. The van der Waals surface area contributed by atoms with Crippen LogP contribution in [0.5, 0.6) is 0 Å². The van der Waals surface area contributed by atoms with Gasteiger partial charge < -0.3 is 15.6 Å². The number of imidazole rings is 1. The van der Waals surface area contributed by atoms with Crippen molar-refractivity contribution in [2.24, 2.45) is 10.7 Å². The maximum atomic E-state index is 6.06. The van der Waals surface area contributed by atoms with Gasteiger partial charge in [-0.05, 0) is 24.5 Å². The number of aromatic amines is 1. The molecule has 0 spiro atoms. The predicted octanol–water partition coefficient (Wildman–Crippen LogP) is 1.72. The van der Waals surface area contributed by atoms with E-state index in [0.29, 0.717) is 11.9 Å². The summed E-state index contributed by atoms with van der Waals surface area (Å²) in [5.74, 6) is 1.08. The van der Waals surface area contributed by atoms with E-state index in [2.05, 4.69) is 44.1 Å². The van der Waals surface area contributed by atoms with Crippen LogP contribution in [-0.2, 0) is 13.0 Å². The molecule has 0 fully saturated rings. The summed E-state index contributed by atoms with van der Waals surface area (Å²) in [6, 6.07) is 8.46. The van der Waals surface area contributed by atoms with Crippen LogP contribution in [0.4, 0.5) is 5.95 Å². The van der Waals surface area contributed by atoms with Gasteiger partial charge in [0.25, 0.3) is 0 Å². The van der Waals surface area contributed by atoms with Crippen LogP contribution in [0.2, 0.25) is 0 Å². The third-order valence-corrected chi connectivity index (χ3v) is 3.36. The molecule has 0 amide bonds. The van der Waals surface area contributed by atoms with E-state index in [1.807, 2.05) is 6.92 Å². The van der Waals surface area contributed by atoms with E-state index in [-0.39, 0.29) is 0 Å². The Kier molecular flexibility index (Phi) is 2.95. The molecule has 19 heavy (non-hydrogen) atoms. The smallest absolute Gasteiger partial charge is 0.230 e. The molecule has 0 saturated heterocycles. The average Bonchev–Trinajstić information content (AvgIpc) is 2.83. The first-order chi connectivity index (χ1) is 9.22. The zero-order chi connectivity index (χ0) is 13.2. The fraction of sp³-hybridized carbons (Fsp3) is 0.286. The lowest BCUT2D eigenvalue weighted by atomic mass is 10.0. The van der Waals surface area contributed by atoms with Crippen molar-refractivity contribution in [3.63, 3.8) is 0 Å². The first-order valence-electron chi connectivity index (χ1n) is 6.40. The molecule has 0 atom stereocenters. The quantitative estimate of drug-likeness (QED) is 0.602. The second kappa shape index (κ2) is 4.76. The van der Waals surface area contributed by atoms with Crippen LogP contribution in [0.15, 0.2) is 35.5 Å². The van der Waals surface area contributed by atoms with Crippen molar-refractivity contribution in [3.8, 4) is 0 Å². The number of nitrogens with two attached hydrogens (primary N) is 1. The Labute approximate surface area is 112 Å². The summed E-state index contributed by atoms with van der Waals surface area (Å²) in [5.41, 5.74) is 9.77.